The van der Waals surface area contributed by atoms with E-state index in [9.17, 15) is 9.59 Å². The van der Waals surface area contributed by atoms with Crippen LogP contribution in [0.15, 0.2) is 24.8 Å². The molecule has 16 heavy (non-hydrogen) atoms. The number of carbonyl (C=O) groups excluding carboxylic acids is 1. The number of carboxylic acids is 1. The van der Waals surface area contributed by atoms with E-state index in [1.165, 1.54) is 6.08 Å². The van der Waals surface area contributed by atoms with Crippen molar-refractivity contribution in [3.63, 3.8) is 0 Å². The summed E-state index contributed by atoms with van der Waals surface area (Å²) >= 11 is 0. The number of carboxylic acid groups (broad SMARTS) is 1. The van der Waals surface area contributed by atoms with E-state index in [1.807, 2.05) is 0 Å². The molecule has 0 radical (unpaired) electrons. The van der Waals surface area contributed by atoms with Crippen LogP contribution in [0, 0.1) is 5.92 Å². The molecule has 0 spiro atoms. The summed E-state index contributed by atoms with van der Waals surface area (Å²) in [7, 11) is 0. The highest BCUT2D eigenvalue weighted by molar-refractivity contribution is 5.86. The molecule has 2 aliphatic rings. The fourth-order valence-corrected chi connectivity index (χ4v) is 1.00. The maximum Gasteiger partial charge on any atom is 0.331 e. The third kappa shape index (κ3) is 4.77. The number of ether oxygens (including phenoxy) is 1. The molecule has 2 fully saturated rings. The van der Waals surface area contributed by atoms with Crippen molar-refractivity contribution in [2.45, 2.75) is 31.8 Å². The summed E-state index contributed by atoms with van der Waals surface area (Å²) in [5.74, 6) is -0.840. The Bertz CT molecular complexity index is 309. The van der Waals surface area contributed by atoms with Crippen LogP contribution in [0.5, 0.6) is 0 Å². The number of esters is 1. The predicted octanol–water partition coefficient (Wildman–Crippen LogP) is 1.92. The van der Waals surface area contributed by atoms with Crippen molar-refractivity contribution in [1.82, 2.24) is 0 Å². The van der Waals surface area contributed by atoms with Gasteiger partial charge in [-0.25, -0.2) is 9.59 Å². The van der Waals surface area contributed by atoms with Gasteiger partial charge in [0.1, 0.15) is 6.10 Å². The van der Waals surface area contributed by atoms with Crippen molar-refractivity contribution < 1.29 is 19.4 Å². The van der Waals surface area contributed by atoms with Crippen LogP contribution in [0.1, 0.15) is 25.7 Å². The van der Waals surface area contributed by atoms with Crippen molar-refractivity contribution in [2.24, 2.45) is 5.92 Å². The smallest absolute Gasteiger partial charge is 0.331 e. The molecule has 0 aromatic rings. The molecule has 88 valence electrons. The molecule has 0 aliphatic heterocycles. The molecule has 0 aromatic heterocycles. The summed E-state index contributed by atoms with van der Waals surface area (Å²) in [6, 6.07) is 0. The Morgan fingerprint density at radius 1 is 1.25 bits per heavy atom. The molecule has 1 N–H and O–H groups in total. The molecule has 2 rings (SSSR count). The Morgan fingerprint density at radius 3 is 2.06 bits per heavy atom. The second-order valence-electron chi connectivity index (χ2n) is 3.95. The zero-order chi connectivity index (χ0) is 12.1. The molecular formula is C12H16O4. The first-order valence-electron chi connectivity index (χ1n) is 5.29. The van der Waals surface area contributed by atoms with Crippen LogP contribution in [0.25, 0.3) is 0 Å². The standard InChI is InChI=1S/2C6H8O2/c1-4(6(7)8)5-2-3-5;1-2-6(7)8-5-3-4-5/h5H,1-3H2,(H,7,8);2,5H,1,3-4H2. The maximum absolute atomic E-state index is 10.3. The average molecular weight is 224 g/mol. The van der Waals surface area contributed by atoms with Gasteiger partial charge in [-0.15, -0.1) is 0 Å². The third-order valence-corrected chi connectivity index (χ3v) is 2.32. The lowest BCUT2D eigenvalue weighted by Crippen LogP contribution is -2.00. The third-order valence-electron chi connectivity index (χ3n) is 2.32. The van der Waals surface area contributed by atoms with Crippen LogP contribution in [-0.4, -0.2) is 23.1 Å². The predicted molar refractivity (Wildman–Crippen MR) is 58.8 cm³/mol. The largest absolute Gasteiger partial charge is 0.478 e. The molecule has 0 bridgehead atoms. The first-order valence-corrected chi connectivity index (χ1v) is 5.29. The Morgan fingerprint density at radius 2 is 1.81 bits per heavy atom. The summed E-state index contributed by atoms with van der Waals surface area (Å²) < 4.78 is 4.75. The summed E-state index contributed by atoms with van der Waals surface area (Å²) in [5.41, 5.74) is 0.380. The summed E-state index contributed by atoms with van der Waals surface area (Å²) in [4.78, 5) is 20.4. The fourth-order valence-electron chi connectivity index (χ4n) is 1.00. The number of rotatable bonds is 4. The van der Waals surface area contributed by atoms with E-state index < -0.39 is 5.97 Å². The molecule has 0 atom stereocenters. The van der Waals surface area contributed by atoms with E-state index >= 15 is 0 Å². The van der Waals surface area contributed by atoms with Gasteiger partial charge in [0.15, 0.2) is 0 Å². The van der Waals surface area contributed by atoms with Gasteiger partial charge in [-0.3, -0.25) is 0 Å². The molecule has 4 nitrogen and oxygen atoms in total. The molecule has 0 unspecified atom stereocenters. The molecule has 4 heteroatoms. The van der Waals surface area contributed by atoms with Crippen molar-refractivity contribution in [2.75, 3.05) is 0 Å². The Hall–Kier alpha value is -1.58. The van der Waals surface area contributed by atoms with Gasteiger partial charge in [-0.1, -0.05) is 13.2 Å². The van der Waals surface area contributed by atoms with Crippen LogP contribution >= 0.6 is 0 Å². The molecular weight excluding hydrogens is 208 g/mol. The van der Waals surface area contributed by atoms with Crippen LogP contribution in [-0.2, 0) is 14.3 Å². The van der Waals surface area contributed by atoms with E-state index in [0.717, 1.165) is 25.7 Å². The minimum atomic E-state index is -0.840. The quantitative estimate of drug-likeness (QED) is 0.585. The monoisotopic (exact) mass is 224 g/mol. The van der Waals surface area contributed by atoms with E-state index in [2.05, 4.69) is 13.2 Å². The fraction of sp³-hybridized carbons (Fsp3) is 0.500. The molecule has 2 aliphatic carbocycles. The topological polar surface area (TPSA) is 63.6 Å². The minimum Gasteiger partial charge on any atom is -0.478 e. The van der Waals surface area contributed by atoms with Gasteiger partial charge in [0.2, 0.25) is 0 Å². The van der Waals surface area contributed by atoms with E-state index in [4.69, 9.17) is 9.84 Å². The highest BCUT2D eigenvalue weighted by Gasteiger charge is 2.28. The van der Waals surface area contributed by atoms with E-state index in [0.29, 0.717) is 11.5 Å². The van der Waals surface area contributed by atoms with Gasteiger partial charge in [-0.2, -0.15) is 0 Å². The molecule has 0 saturated heterocycles. The van der Waals surface area contributed by atoms with Gasteiger partial charge in [0.25, 0.3) is 0 Å². The summed E-state index contributed by atoms with van der Waals surface area (Å²) in [5, 5.41) is 8.29. The first-order chi connectivity index (χ1) is 7.54. The molecule has 2 saturated carbocycles. The van der Waals surface area contributed by atoms with E-state index in [1.54, 1.807) is 0 Å². The van der Waals surface area contributed by atoms with E-state index in [-0.39, 0.29) is 12.1 Å². The number of aliphatic carboxylic acids is 1. The number of carbonyl (C=O) groups is 2. The normalized spacial score (nSPS) is 17.8. The molecule has 0 heterocycles. The zero-order valence-electron chi connectivity index (χ0n) is 9.15. The lowest BCUT2D eigenvalue weighted by molar-refractivity contribution is -0.139. The van der Waals surface area contributed by atoms with Crippen LogP contribution in [0.4, 0.5) is 0 Å². The van der Waals surface area contributed by atoms with Crippen LogP contribution in [0.3, 0.4) is 0 Å². The van der Waals surface area contributed by atoms with Gasteiger partial charge in [0.05, 0.1) is 0 Å². The van der Waals surface area contributed by atoms with Gasteiger partial charge >= 0.3 is 11.9 Å². The summed E-state index contributed by atoms with van der Waals surface area (Å²) in [6.45, 7) is 6.68. The Labute approximate surface area is 94.6 Å². The van der Waals surface area contributed by atoms with Gasteiger partial charge in [0, 0.05) is 11.6 Å². The zero-order valence-corrected chi connectivity index (χ0v) is 9.15. The lowest BCUT2D eigenvalue weighted by atomic mass is 10.2. The van der Waals surface area contributed by atoms with Crippen molar-refractivity contribution >= 4 is 11.9 Å². The highest BCUT2D eigenvalue weighted by Crippen LogP contribution is 2.35. The van der Waals surface area contributed by atoms with Gasteiger partial charge in [-0.05, 0) is 31.6 Å². The SMILES string of the molecule is C=C(C(=O)O)C1CC1.C=CC(=O)OC1CC1. The summed E-state index contributed by atoms with van der Waals surface area (Å²) in [6.07, 6.45) is 5.49. The molecule has 0 amide bonds. The van der Waals surface area contributed by atoms with Crippen molar-refractivity contribution in [1.29, 1.82) is 0 Å². The Kier molecular flexibility index (Phi) is 4.28. The number of hydrogen-bond donors (Lipinski definition) is 1. The second kappa shape index (κ2) is 5.49. The number of hydrogen-bond acceptors (Lipinski definition) is 3. The first kappa shape index (κ1) is 12.5. The highest BCUT2D eigenvalue weighted by atomic mass is 16.5. The van der Waals surface area contributed by atoms with Crippen LogP contribution in [0.2, 0.25) is 0 Å². The molecule has 0 aromatic carbocycles. The lowest BCUT2D eigenvalue weighted by Gasteiger charge is -1.93. The van der Waals surface area contributed by atoms with Gasteiger partial charge < -0.3 is 9.84 Å². The van der Waals surface area contributed by atoms with Crippen molar-refractivity contribution in [3.05, 3.63) is 24.8 Å². The van der Waals surface area contributed by atoms with Crippen molar-refractivity contribution in [3.8, 4) is 0 Å². The maximum atomic E-state index is 10.3. The average Bonchev–Trinajstić information content (AvgIpc) is 3.10. The minimum absolute atomic E-state index is 0.209. The van der Waals surface area contributed by atoms with Crippen LogP contribution < -0.4 is 0 Å². The Balaban J connectivity index is 0.000000160. The second-order valence-corrected chi connectivity index (χ2v) is 3.95.